The van der Waals surface area contributed by atoms with Crippen molar-refractivity contribution in [1.29, 1.82) is 0 Å². The van der Waals surface area contributed by atoms with Gasteiger partial charge in [-0.2, -0.15) is 0 Å². The van der Waals surface area contributed by atoms with Crippen LogP contribution in [0.2, 0.25) is 0 Å². The van der Waals surface area contributed by atoms with Crippen LogP contribution in [0.3, 0.4) is 0 Å². The molecule has 0 aliphatic heterocycles. The van der Waals surface area contributed by atoms with Crippen molar-refractivity contribution in [1.82, 2.24) is 0 Å². The average molecular weight is 626 g/mol. The molecule has 0 heterocycles. The minimum atomic E-state index is -0.369. The monoisotopic (exact) mass is 625 g/mol. The van der Waals surface area contributed by atoms with Crippen LogP contribution in [-0.4, -0.2) is 39.5 Å². The van der Waals surface area contributed by atoms with Gasteiger partial charge in [0.1, 0.15) is 0 Å². The summed E-state index contributed by atoms with van der Waals surface area (Å²) in [7, 11) is 0. The van der Waals surface area contributed by atoms with Crippen LogP contribution in [0.25, 0.3) is 0 Å². The second-order valence-electron chi connectivity index (χ2n) is 13.3. The van der Waals surface area contributed by atoms with Gasteiger partial charge in [0.05, 0.1) is 18.3 Å². The lowest BCUT2D eigenvalue weighted by Gasteiger charge is -2.63. The summed E-state index contributed by atoms with van der Waals surface area (Å²) < 4.78 is 1.31. The maximum atomic E-state index is 11.5. The first kappa shape index (κ1) is 29.3. The number of aliphatic hydroxyl groups is 3. The van der Waals surface area contributed by atoms with E-state index in [9.17, 15) is 20.1 Å². The van der Waals surface area contributed by atoms with Crippen molar-refractivity contribution in [3.05, 3.63) is 33.4 Å². The van der Waals surface area contributed by atoms with Gasteiger partial charge in [0, 0.05) is 9.99 Å². The number of benzene rings is 1. The second-order valence-corrected chi connectivity index (χ2v) is 14.6. The molecule has 1 aromatic rings. The summed E-state index contributed by atoms with van der Waals surface area (Å²) >= 11 is 2.31. The Bertz CT molecular complexity index is 940. The molecule has 0 saturated heterocycles. The molecule has 37 heavy (non-hydrogen) atoms. The molecule has 4 fully saturated rings. The Balaban J connectivity index is 0.000000342. The Hall–Kier alpha value is -0.700. The van der Waals surface area contributed by atoms with Gasteiger partial charge in [0.25, 0.3) is 0 Å². The summed E-state index contributed by atoms with van der Waals surface area (Å²) in [5, 5.41) is 33.0. The van der Waals surface area contributed by atoms with E-state index in [1.807, 2.05) is 0 Å². The van der Waals surface area contributed by atoms with Crippen LogP contribution in [0.15, 0.2) is 24.3 Å². The standard InChI is InChI=1S/C24H41NO4.C7H7I/c1-13(4-7-21(25)29)16-5-6-17-22-18(12-20(28)24(16,17)3)23(2)9-8-15(26)10-14(23)11-19(22)27;1-6-3-2-4-7(8)5-6/h13-20,22,26-28H,4-12H2,1-3H3,(H2,25,29);2-5H,1H3/t13-,14+,15-,16-,17+,18+,19-,20+,22+,23+,24-;/m1./s1. The molecule has 0 bridgehead atoms. The smallest absolute Gasteiger partial charge is 0.217 e. The summed E-state index contributed by atoms with van der Waals surface area (Å²) in [6.07, 6.45) is 6.56. The molecule has 0 radical (unpaired) electrons. The first-order valence-electron chi connectivity index (χ1n) is 14.4. The number of rotatable bonds is 4. The average Bonchev–Trinajstić information content (AvgIpc) is 3.18. The summed E-state index contributed by atoms with van der Waals surface area (Å²) in [6, 6.07) is 8.41. The van der Waals surface area contributed by atoms with E-state index in [0.717, 1.165) is 51.4 Å². The summed E-state index contributed by atoms with van der Waals surface area (Å²) in [5.41, 5.74) is 6.63. The Kier molecular flexibility index (Phi) is 9.04. The zero-order valence-corrected chi connectivity index (χ0v) is 25.2. The van der Waals surface area contributed by atoms with Gasteiger partial charge >= 0.3 is 0 Å². The molecular formula is C31H48INO4. The van der Waals surface area contributed by atoms with Gasteiger partial charge in [-0.05, 0) is 139 Å². The number of aliphatic hydroxyl groups excluding tert-OH is 3. The molecule has 11 atom stereocenters. The van der Waals surface area contributed by atoms with E-state index in [2.05, 4.69) is 74.6 Å². The van der Waals surface area contributed by atoms with Crippen molar-refractivity contribution in [2.75, 3.05) is 0 Å². The van der Waals surface area contributed by atoms with Crippen molar-refractivity contribution < 1.29 is 20.1 Å². The lowest BCUT2D eigenvalue weighted by molar-refractivity contribution is -0.207. The molecule has 6 heteroatoms. The highest BCUT2D eigenvalue weighted by Crippen LogP contribution is 2.68. The first-order valence-corrected chi connectivity index (χ1v) is 15.5. The number of hydrogen-bond donors (Lipinski definition) is 4. The zero-order valence-electron chi connectivity index (χ0n) is 23.1. The summed E-state index contributed by atoms with van der Waals surface area (Å²) in [5.74, 6) is 1.72. The first-order chi connectivity index (χ1) is 17.4. The fourth-order valence-corrected chi connectivity index (χ4v) is 10.0. The number of nitrogens with two attached hydrogens (primary N) is 1. The summed E-state index contributed by atoms with van der Waals surface area (Å²) in [4.78, 5) is 11.3. The largest absolute Gasteiger partial charge is 0.393 e. The number of hydrogen-bond acceptors (Lipinski definition) is 4. The Morgan fingerprint density at radius 3 is 2.46 bits per heavy atom. The quantitative estimate of drug-likeness (QED) is 0.334. The van der Waals surface area contributed by atoms with Gasteiger partial charge in [-0.3, -0.25) is 4.79 Å². The highest BCUT2D eigenvalue weighted by molar-refractivity contribution is 14.1. The predicted molar refractivity (Wildman–Crippen MR) is 155 cm³/mol. The van der Waals surface area contributed by atoms with E-state index in [1.54, 1.807) is 0 Å². The number of carbonyl (C=O) groups excluding carboxylic acids is 1. The van der Waals surface area contributed by atoms with Crippen LogP contribution in [0, 0.1) is 56.8 Å². The van der Waals surface area contributed by atoms with E-state index in [1.165, 1.54) is 9.13 Å². The van der Waals surface area contributed by atoms with Crippen LogP contribution in [-0.2, 0) is 4.79 Å². The highest BCUT2D eigenvalue weighted by atomic mass is 127. The topological polar surface area (TPSA) is 104 Å². The molecule has 4 aliphatic carbocycles. The molecule has 1 amide bonds. The summed E-state index contributed by atoms with van der Waals surface area (Å²) in [6.45, 7) is 8.92. The van der Waals surface area contributed by atoms with E-state index < -0.39 is 0 Å². The van der Waals surface area contributed by atoms with Gasteiger partial charge in [-0.25, -0.2) is 0 Å². The van der Waals surface area contributed by atoms with Gasteiger partial charge in [0.2, 0.25) is 5.91 Å². The van der Waals surface area contributed by atoms with Crippen molar-refractivity contribution in [2.24, 2.45) is 52.1 Å². The number of halogens is 1. The van der Waals surface area contributed by atoms with Crippen molar-refractivity contribution in [3.63, 3.8) is 0 Å². The molecule has 208 valence electrons. The zero-order chi connectivity index (χ0) is 27.1. The number of aryl methyl sites for hydroxylation is 1. The molecule has 5 rings (SSSR count). The maximum Gasteiger partial charge on any atom is 0.217 e. The lowest BCUT2D eigenvalue weighted by atomic mass is 9.43. The van der Waals surface area contributed by atoms with Crippen LogP contribution in [0.4, 0.5) is 0 Å². The molecule has 0 spiro atoms. The Morgan fingerprint density at radius 2 is 1.84 bits per heavy atom. The van der Waals surface area contributed by atoms with Gasteiger partial charge in [-0.15, -0.1) is 0 Å². The molecular weight excluding hydrogens is 577 g/mol. The second kappa shape index (κ2) is 11.4. The van der Waals surface area contributed by atoms with E-state index in [0.29, 0.717) is 36.0 Å². The number of primary amides is 1. The van der Waals surface area contributed by atoms with Crippen molar-refractivity contribution >= 4 is 28.5 Å². The maximum absolute atomic E-state index is 11.5. The SMILES string of the molecule is C[C@H](CCC(N)=O)[C@H]1CC[C@H]2[C@@H]3[C@H](O)C[C@@H]4C[C@H](O)CC[C@]4(C)[C@H]3C[C@H](O)[C@]12C.Cc1cccc(I)c1. The van der Waals surface area contributed by atoms with Crippen LogP contribution in [0.1, 0.15) is 84.1 Å². The number of carbonyl (C=O) groups is 1. The predicted octanol–water partition coefficient (Wildman–Crippen LogP) is 5.45. The number of fused-ring (bicyclic) bond motifs is 5. The van der Waals surface area contributed by atoms with E-state index in [4.69, 9.17) is 5.73 Å². The molecule has 4 saturated carbocycles. The van der Waals surface area contributed by atoms with Crippen molar-refractivity contribution in [3.8, 4) is 0 Å². The highest BCUT2D eigenvalue weighted by Gasteiger charge is 2.65. The lowest BCUT2D eigenvalue weighted by Crippen LogP contribution is -2.62. The van der Waals surface area contributed by atoms with Gasteiger partial charge < -0.3 is 21.1 Å². The third kappa shape index (κ3) is 5.64. The molecule has 5 nitrogen and oxygen atoms in total. The van der Waals surface area contributed by atoms with Gasteiger partial charge in [0.15, 0.2) is 0 Å². The molecule has 0 unspecified atom stereocenters. The van der Waals surface area contributed by atoms with Gasteiger partial charge in [-0.1, -0.05) is 38.5 Å². The Morgan fingerprint density at radius 1 is 1.11 bits per heavy atom. The normalized spacial score (nSPS) is 43.5. The number of amides is 1. The minimum absolute atomic E-state index is 0.112. The minimum Gasteiger partial charge on any atom is -0.393 e. The van der Waals surface area contributed by atoms with Crippen LogP contribution in [0.5, 0.6) is 0 Å². The van der Waals surface area contributed by atoms with Crippen LogP contribution < -0.4 is 5.73 Å². The van der Waals surface area contributed by atoms with Crippen LogP contribution >= 0.6 is 22.6 Å². The molecule has 5 N–H and O–H groups in total. The molecule has 4 aliphatic rings. The molecule has 1 aromatic carbocycles. The van der Waals surface area contributed by atoms with E-state index in [-0.39, 0.29) is 41.0 Å². The fraction of sp³-hybridized carbons (Fsp3) is 0.774. The third-order valence-electron chi connectivity index (χ3n) is 11.3. The molecule has 0 aromatic heterocycles. The van der Waals surface area contributed by atoms with E-state index >= 15 is 0 Å². The van der Waals surface area contributed by atoms with Crippen molar-refractivity contribution in [2.45, 2.75) is 104 Å². The fourth-order valence-electron chi connectivity index (χ4n) is 9.31. The Labute approximate surface area is 237 Å². The third-order valence-corrected chi connectivity index (χ3v) is 12.0.